The van der Waals surface area contributed by atoms with Crippen molar-refractivity contribution in [1.82, 2.24) is 5.32 Å². The van der Waals surface area contributed by atoms with Gasteiger partial charge in [-0.05, 0) is 44.9 Å². The molecule has 1 amide bonds. The second-order valence-electron chi connectivity index (χ2n) is 12.1. The average Bonchev–Trinajstić information content (AvgIpc) is 2.96. The summed E-state index contributed by atoms with van der Waals surface area (Å²) in [6.45, 7) is 4.48. The van der Waals surface area contributed by atoms with Crippen LogP contribution in [-0.2, 0) is 14.9 Å². The Morgan fingerprint density at radius 3 is 1.47 bits per heavy atom. The minimum absolute atomic E-state index is 0.287. The number of hydrogen-bond acceptors (Lipinski definition) is 4. The zero-order chi connectivity index (χ0) is 31.9. The average molecular weight is 626 g/mol. The van der Waals surface area contributed by atoms with Crippen LogP contribution in [0.1, 0.15) is 168 Å². The van der Waals surface area contributed by atoms with E-state index in [4.69, 9.17) is 0 Å². The van der Waals surface area contributed by atoms with E-state index in [-0.39, 0.29) is 12.3 Å². The van der Waals surface area contributed by atoms with Crippen LogP contribution >= 0.6 is 0 Å². The largest absolute Gasteiger partial charge is 0.387 e. The number of hydrogen-bond donors (Lipinski definition) is 3. The van der Waals surface area contributed by atoms with E-state index in [1.807, 2.05) is 0 Å². The molecule has 2 unspecified atom stereocenters. The molecule has 0 heterocycles. The van der Waals surface area contributed by atoms with Gasteiger partial charge >= 0.3 is 0 Å². The number of unbranched alkanes of at least 4 members (excludes halogenated alkanes) is 19. The predicted molar refractivity (Wildman–Crippen MR) is 184 cm³/mol. The van der Waals surface area contributed by atoms with Crippen molar-refractivity contribution < 1.29 is 22.9 Å². The highest BCUT2D eigenvalue weighted by Gasteiger charge is 2.24. The summed E-state index contributed by atoms with van der Waals surface area (Å²) < 4.78 is 32.3. The molecule has 2 atom stereocenters. The number of carbonyl (C=O) groups is 1. The molecule has 0 radical (unpaired) electrons. The first-order valence-corrected chi connectivity index (χ1v) is 19.3. The minimum Gasteiger partial charge on any atom is -0.387 e. The van der Waals surface area contributed by atoms with Gasteiger partial charge in [-0.3, -0.25) is 9.35 Å². The van der Waals surface area contributed by atoms with Crippen LogP contribution in [0.3, 0.4) is 0 Å². The van der Waals surface area contributed by atoms with E-state index in [2.05, 4.69) is 43.5 Å². The molecule has 0 spiro atoms. The van der Waals surface area contributed by atoms with Gasteiger partial charge in [-0.2, -0.15) is 8.42 Å². The zero-order valence-electron chi connectivity index (χ0n) is 27.8. The van der Waals surface area contributed by atoms with Crippen LogP contribution in [0.2, 0.25) is 0 Å². The molecule has 43 heavy (non-hydrogen) atoms. The summed E-state index contributed by atoms with van der Waals surface area (Å²) in [6.07, 6.45) is 38.4. The molecule has 0 aromatic heterocycles. The second kappa shape index (κ2) is 30.6. The third-order valence-corrected chi connectivity index (χ3v) is 8.58. The summed E-state index contributed by atoms with van der Waals surface area (Å²) in [6, 6.07) is -1.07. The highest BCUT2D eigenvalue weighted by molar-refractivity contribution is 7.85. The molecule has 0 aromatic carbocycles. The Balaban J connectivity index is 4.08. The van der Waals surface area contributed by atoms with Crippen molar-refractivity contribution in [2.75, 3.05) is 5.75 Å². The Morgan fingerprint density at radius 1 is 0.605 bits per heavy atom. The third-order valence-electron chi connectivity index (χ3n) is 7.80. The molecule has 0 fully saturated rings. The maximum absolute atomic E-state index is 12.4. The molecule has 0 aromatic rings. The second-order valence-corrected chi connectivity index (χ2v) is 13.6. The quantitative estimate of drug-likeness (QED) is 0.0404. The zero-order valence-corrected chi connectivity index (χ0v) is 28.6. The fourth-order valence-corrected chi connectivity index (χ4v) is 5.86. The first-order chi connectivity index (χ1) is 20.8. The van der Waals surface area contributed by atoms with E-state index < -0.39 is 28.0 Å². The van der Waals surface area contributed by atoms with E-state index in [1.165, 1.54) is 102 Å². The summed E-state index contributed by atoms with van der Waals surface area (Å²) in [5, 5.41) is 13.1. The summed E-state index contributed by atoms with van der Waals surface area (Å²) in [5.41, 5.74) is 0. The molecule has 0 aliphatic rings. The lowest BCUT2D eigenvalue weighted by molar-refractivity contribution is -0.122. The Labute approximate surface area is 266 Å². The Kier molecular flexibility index (Phi) is 29.6. The van der Waals surface area contributed by atoms with Crippen LogP contribution in [0, 0.1) is 0 Å². The molecule has 0 bridgehead atoms. The lowest BCUT2D eigenvalue weighted by atomic mass is 10.0. The molecule has 0 aliphatic heterocycles. The molecule has 0 aliphatic carbocycles. The van der Waals surface area contributed by atoms with Crippen LogP contribution in [0.15, 0.2) is 36.5 Å². The summed E-state index contributed by atoms with van der Waals surface area (Å²) in [7, 11) is -4.35. The number of aliphatic hydroxyl groups excluding tert-OH is 1. The smallest absolute Gasteiger partial charge is 0.267 e. The van der Waals surface area contributed by atoms with Gasteiger partial charge in [0.15, 0.2) is 0 Å². The third kappa shape index (κ3) is 31.8. The van der Waals surface area contributed by atoms with Crippen molar-refractivity contribution in [3.63, 3.8) is 0 Å². The van der Waals surface area contributed by atoms with Gasteiger partial charge < -0.3 is 10.4 Å². The monoisotopic (exact) mass is 625 g/mol. The van der Waals surface area contributed by atoms with Gasteiger partial charge in [0.2, 0.25) is 5.91 Å². The van der Waals surface area contributed by atoms with Crippen molar-refractivity contribution in [3.8, 4) is 0 Å². The molecule has 0 saturated carbocycles. The van der Waals surface area contributed by atoms with E-state index >= 15 is 0 Å². The maximum Gasteiger partial charge on any atom is 0.267 e. The molecule has 0 saturated heterocycles. The van der Waals surface area contributed by atoms with Gasteiger partial charge in [-0.15, -0.1) is 0 Å². The lowest BCUT2D eigenvalue weighted by Crippen LogP contribution is -2.46. The van der Waals surface area contributed by atoms with Crippen LogP contribution in [0.25, 0.3) is 0 Å². The van der Waals surface area contributed by atoms with Crippen LogP contribution in [-0.4, -0.2) is 41.9 Å². The highest BCUT2D eigenvalue weighted by Crippen LogP contribution is 2.14. The fraction of sp³-hybridized carbons (Fsp3) is 0.806. The number of carbonyl (C=O) groups excluding carboxylic acids is 1. The molecule has 7 heteroatoms. The van der Waals surface area contributed by atoms with Gasteiger partial charge in [0.25, 0.3) is 10.1 Å². The standard InChI is InChI=1S/C36H67NO5S/c1-3-5-7-9-11-13-15-17-19-21-23-25-27-29-31-35(38)34(33-43(40,41)42)37-36(39)32-30-28-26-24-22-20-18-16-14-12-10-8-6-4-2/h13,15,21,23,29,31,34-35,38H,3-12,14,16-20,22,24-28,30,32-33H2,1-2H3,(H,37,39)(H,40,41,42)/b15-13+,23-21+,31-29+. The van der Waals surface area contributed by atoms with Crippen molar-refractivity contribution >= 4 is 16.0 Å². The van der Waals surface area contributed by atoms with Gasteiger partial charge in [0, 0.05) is 6.42 Å². The van der Waals surface area contributed by atoms with Gasteiger partial charge in [-0.1, -0.05) is 153 Å². The van der Waals surface area contributed by atoms with Crippen molar-refractivity contribution in [2.24, 2.45) is 0 Å². The van der Waals surface area contributed by atoms with Crippen molar-refractivity contribution in [2.45, 2.75) is 180 Å². The number of rotatable bonds is 31. The molecule has 3 N–H and O–H groups in total. The fourth-order valence-electron chi connectivity index (χ4n) is 5.13. The Hall–Kier alpha value is -1.44. The van der Waals surface area contributed by atoms with Crippen LogP contribution in [0.5, 0.6) is 0 Å². The number of aliphatic hydroxyl groups is 1. The molecule has 252 valence electrons. The predicted octanol–water partition coefficient (Wildman–Crippen LogP) is 9.79. The van der Waals surface area contributed by atoms with Gasteiger partial charge in [-0.25, -0.2) is 0 Å². The number of allylic oxidation sites excluding steroid dienone is 5. The Bertz CT molecular complexity index is 821. The topological polar surface area (TPSA) is 104 Å². The van der Waals surface area contributed by atoms with E-state index in [0.717, 1.165) is 44.9 Å². The summed E-state index contributed by atoms with van der Waals surface area (Å²) >= 11 is 0. The normalized spacial score (nSPS) is 13.9. The van der Waals surface area contributed by atoms with E-state index in [1.54, 1.807) is 6.08 Å². The summed E-state index contributed by atoms with van der Waals surface area (Å²) in [4.78, 5) is 12.4. The first-order valence-electron chi connectivity index (χ1n) is 17.7. The van der Waals surface area contributed by atoms with E-state index in [9.17, 15) is 22.9 Å². The molecule has 6 nitrogen and oxygen atoms in total. The van der Waals surface area contributed by atoms with E-state index in [0.29, 0.717) is 6.42 Å². The number of amides is 1. The van der Waals surface area contributed by atoms with Crippen LogP contribution < -0.4 is 5.32 Å². The molecule has 0 rings (SSSR count). The SMILES string of the molecule is CCCCCC/C=C/CC/C=C/CC/C=C/C(O)C(CS(=O)(=O)O)NC(=O)CCCCCCCCCCCCCCCC. The first kappa shape index (κ1) is 41.6. The van der Waals surface area contributed by atoms with Crippen molar-refractivity contribution in [1.29, 1.82) is 0 Å². The highest BCUT2D eigenvalue weighted by atomic mass is 32.2. The van der Waals surface area contributed by atoms with Gasteiger partial charge in [0.05, 0.1) is 17.9 Å². The Morgan fingerprint density at radius 2 is 1.00 bits per heavy atom. The van der Waals surface area contributed by atoms with Crippen molar-refractivity contribution in [3.05, 3.63) is 36.5 Å². The lowest BCUT2D eigenvalue weighted by Gasteiger charge is -2.21. The van der Waals surface area contributed by atoms with Gasteiger partial charge in [0.1, 0.15) is 0 Å². The maximum atomic E-state index is 12.4. The number of nitrogens with one attached hydrogen (secondary N) is 1. The molecular weight excluding hydrogens is 558 g/mol. The summed E-state index contributed by atoms with van der Waals surface area (Å²) in [5.74, 6) is -1.01. The van der Waals surface area contributed by atoms with Crippen LogP contribution in [0.4, 0.5) is 0 Å². The molecular formula is C36H67NO5S. The minimum atomic E-state index is -4.35.